The monoisotopic (exact) mass is 333 g/mol. The molecule has 0 spiro atoms. The Labute approximate surface area is 114 Å². The number of H-pyrrole nitrogens is 1. The molecule has 4 nitrogen and oxygen atoms in total. The topological polar surface area (TPSA) is 57.8 Å². The summed E-state index contributed by atoms with van der Waals surface area (Å²) in [5, 5.41) is 8.50. The maximum atomic E-state index is 12.6. The average molecular weight is 334 g/mol. The van der Waals surface area contributed by atoms with Crippen molar-refractivity contribution in [2.24, 2.45) is 0 Å². The van der Waals surface area contributed by atoms with Gasteiger partial charge in [0.2, 0.25) is 0 Å². The highest BCUT2D eigenvalue weighted by Gasteiger charge is 2.31. The lowest BCUT2D eigenvalue weighted by Crippen LogP contribution is -2.15. The Balaban J connectivity index is 2.31. The molecule has 1 amide bonds. The van der Waals surface area contributed by atoms with Crippen molar-refractivity contribution in [1.82, 2.24) is 10.2 Å². The van der Waals surface area contributed by atoms with E-state index in [1.54, 1.807) is 0 Å². The van der Waals surface area contributed by atoms with Crippen molar-refractivity contribution in [3.63, 3.8) is 0 Å². The number of rotatable bonds is 2. The van der Waals surface area contributed by atoms with Crippen LogP contribution in [0.3, 0.4) is 0 Å². The van der Waals surface area contributed by atoms with Crippen molar-refractivity contribution >= 4 is 27.7 Å². The van der Waals surface area contributed by atoms with Crippen LogP contribution in [0.1, 0.15) is 15.9 Å². The van der Waals surface area contributed by atoms with E-state index in [0.29, 0.717) is 5.82 Å². The first-order chi connectivity index (χ1) is 8.88. The molecule has 0 saturated heterocycles. The van der Waals surface area contributed by atoms with Crippen LogP contribution in [0, 0.1) is 0 Å². The van der Waals surface area contributed by atoms with Gasteiger partial charge < -0.3 is 5.32 Å². The fraction of sp³-hybridized carbons (Fsp3) is 0.0909. The van der Waals surface area contributed by atoms with Crippen LogP contribution in [-0.4, -0.2) is 16.1 Å². The molecule has 0 aliphatic rings. The maximum absolute atomic E-state index is 12.6. The highest BCUT2D eigenvalue weighted by molar-refractivity contribution is 9.10. The van der Waals surface area contributed by atoms with Crippen molar-refractivity contribution in [3.05, 3.63) is 46.1 Å². The highest BCUT2D eigenvalue weighted by Crippen LogP contribution is 2.32. The van der Waals surface area contributed by atoms with Crippen LogP contribution in [0.15, 0.2) is 34.9 Å². The molecule has 1 aromatic carbocycles. The summed E-state index contributed by atoms with van der Waals surface area (Å²) in [5.74, 6) is -0.364. The van der Waals surface area contributed by atoms with E-state index in [0.717, 1.165) is 12.1 Å². The van der Waals surface area contributed by atoms with Gasteiger partial charge in [-0.2, -0.15) is 18.3 Å². The van der Waals surface area contributed by atoms with Crippen LogP contribution in [0.5, 0.6) is 0 Å². The van der Waals surface area contributed by atoms with Gasteiger partial charge >= 0.3 is 6.18 Å². The van der Waals surface area contributed by atoms with Crippen molar-refractivity contribution in [2.45, 2.75) is 6.18 Å². The summed E-state index contributed by atoms with van der Waals surface area (Å²) in [6.45, 7) is 0. The predicted molar refractivity (Wildman–Crippen MR) is 65.7 cm³/mol. The second-order valence-corrected chi connectivity index (χ2v) is 4.47. The average Bonchev–Trinajstić information content (AvgIpc) is 2.80. The number of carbonyl (C=O) groups excluding carboxylic acids is 1. The maximum Gasteiger partial charge on any atom is 0.416 e. The number of aromatic nitrogens is 2. The number of benzene rings is 1. The summed E-state index contributed by atoms with van der Waals surface area (Å²) >= 11 is 3.05. The molecule has 2 N–H and O–H groups in total. The lowest BCUT2D eigenvalue weighted by atomic mass is 10.1. The second kappa shape index (κ2) is 5.04. The van der Waals surface area contributed by atoms with E-state index in [9.17, 15) is 18.0 Å². The Kier molecular flexibility index (Phi) is 3.61. The van der Waals surface area contributed by atoms with Gasteiger partial charge in [0.25, 0.3) is 5.91 Å². The van der Waals surface area contributed by atoms with Crippen LogP contribution in [0.2, 0.25) is 0 Å². The van der Waals surface area contributed by atoms with E-state index in [-0.39, 0.29) is 10.0 Å². The van der Waals surface area contributed by atoms with Gasteiger partial charge in [-0.1, -0.05) is 0 Å². The number of halogens is 4. The van der Waals surface area contributed by atoms with Crippen LogP contribution >= 0.6 is 15.9 Å². The van der Waals surface area contributed by atoms with Gasteiger partial charge in [0.1, 0.15) is 5.82 Å². The molecule has 0 bridgehead atoms. The first kappa shape index (κ1) is 13.6. The highest BCUT2D eigenvalue weighted by atomic mass is 79.9. The smallest absolute Gasteiger partial charge is 0.307 e. The van der Waals surface area contributed by atoms with Gasteiger partial charge in [-0.3, -0.25) is 9.89 Å². The molecule has 1 aromatic heterocycles. The summed E-state index contributed by atoms with van der Waals surface area (Å²) in [7, 11) is 0. The standard InChI is InChI=1S/C11H7BrF3N3O/c12-8-2-1-6(11(13,14)15)5-7(8)10(19)17-9-3-4-16-18-9/h1-5H,(H2,16,17,18,19). The SMILES string of the molecule is O=C(Nc1ccn[nH]1)c1cc(C(F)(F)F)ccc1Br. The largest absolute Gasteiger partial charge is 0.416 e. The number of nitrogens with one attached hydrogen (secondary N) is 2. The summed E-state index contributed by atoms with van der Waals surface area (Å²) in [5.41, 5.74) is -0.991. The van der Waals surface area contributed by atoms with E-state index in [4.69, 9.17) is 0 Å². The Morgan fingerprint density at radius 3 is 2.63 bits per heavy atom. The fourth-order valence-corrected chi connectivity index (χ4v) is 1.82. The van der Waals surface area contributed by atoms with E-state index in [1.165, 1.54) is 18.3 Å². The normalized spacial score (nSPS) is 11.4. The molecule has 0 saturated carbocycles. The molecule has 0 atom stereocenters. The predicted octanol–water partition coefficient (Wildman–Crippen LogP) is 3.44. The minimum absolute atomic E-state index is 0.107. The Morgan fingerprint density at radius 1 is 1.32 bits per heavy atom. The third-order valence-corrected chi connectivity index (χ3v) is 2.98. The first-order valence-corrected chi connectivity index (χ1v) is 5.84. The molecule has 1 heterocycles. The molecule has 0 unspecified atom stereocenters. The lowest BCUT2D eigenvalue weighted by Gasteiger charge is -2.10. The third kappa shape index (κ3) is 3.14. The zero-order valence-electron chi connectivity index (χ0n) is 9.25. The molecule has 2 rings (SSSR count). The lowest BCUT2D eigenvalue weighted by molar-refractivity contribution is -0.137. The minimum Gasteiger partial charge on any atom is -0.307 e. The van der Waals surface area contributed by atoms with Gasteiger partial charge in [0.05, 0.1) is 17.3 Å². The molecule has 0 aliphatic heterocycles. The number of carbonyl (C=O) groups is 1. The quantitative estimate of drug-likeness (QED) is 0.884. The summed E-state index contributed by atoms with van der Waals surface area (Å²) in [6, 6.07) is 4.36. The summed E-state index contributed by atoms with van der Waals surface area (Å²) < 4.78 is 38.0. The number of anilines is 1. The van der Waals surface area contributed by atoms with Crippen molar-refractivity contribution in [2.75, 3.05) is 5.32 Å². The Hall–Kier alpha value is -1.83. The fourth-order valence-electron chi connectivity index (χ4n) is 1.39. The van der Waals surface area contributed by atoms with Gasteiger partial charge in [0.15, 0.2) is 0 Å². The Bertz CT molecular complexity index is 596. The molecule has 0 radical (unpaired) electrons. The van der Waals surface area contributed by atoms with Crippen LogP contribution in [0.25, 0.3) is 0 Å². The number of aromatic amines is 1. The van der Waals surface area contributed by atoms with E-state index in [2.05, 4.69) is 31.4 Å². The molecule has 100 valence electrons. The summed E-state index contributed by atoms with van der Waals surface area (Å²) in [6.07, 6.45) is -3.08. The first-order valence-electron chi connectivity index (χ1n) is 5.05. The molecular weight excluding hydrogens is 327 g/mol. The van der Waals surface area contributed by atoms with Crippen LogP contribution < -0.4 is 5.32 Å². The molecule has 8 heteroatoms. The minimum atomic E-state index is -4.50. The van der Waals surface area contributed by atoms with Crippen molar-refractivity contribution in [3.8, 4) is 0 Å². The molecule has 19 heavy (non-hydrogen) atoms. The van der Waals surface area contributed by atoms with Gasteiger partial charge in [-0.25, -0.2) is 0 Å². The number of alkyl halides is 3. The van der Waals surface area contributed by atoms with E-state index in [1.807, 2.05) is 0 Å². The zero-order chi connectivity index (χ0) is 14.0. The van der Waals surface area contributed by atoms with Crippen LogP contribution in [0.4, 0.5) is 19.0 Å². The number of nitrogens with zero attached hydrogens (tertiary/aromatic N) is 1. The second-order valence-electron chi connectivity index (χ2n) is 3.62. The van der Waals surface area contributed by atoms with Crippen molar-refractivity contribution in [1.29, 1.82) is 0 Å². The molecule has 2 aromatic rings. The molecule has 0 aliphatic carbocycles. The number of amides is 1. The van der Waals surface area contributed by atoms with Crippen molar-refractivity contribution < 1.29 is 18.0 Å². The number of hydrogen-bond donors (Lipinski definition) is 2. The van der Waals surface area contributed by atoms with Gasteiger partial charge in [0, 0.05) is 10.5 Å². The van der Waals surface area contributed by atoms with Gasteiger partial charge in [-0.15, -0.1) is 0 Å². The third-order valence-electron chi connectivity index (χ3n) is 2.29. The zero-order valence-corrected chi connectivity index (χ0v) is 10.8. The Morgan fingerprint density at radius 2 is 2.05 bits per heavy atom. The van der Waals surface area contributed by atoms with E-state index < -0.39 is 17.6 Å². The van der Waals surface area contributed by atoms with Crippen LogP contribution in [-0.2, 0) is 6.18 Å². The summed E-state index contributed by atoms with van der Waals surface area (Å²) in [4.78, 5) is 11.9. The van der Waals surface area contributed by atoms with E-state index >= 15 is 0 Å². The van der Waals surface area contributed by atoms with Gasteiger partial charge in [-0.05, 0) is 34.1 Å². The number of hydrogen-bond acceptors (Lipinski definition) is 2. The molecule has 0 fully saturated rings. The molecular formula is C11H7BrF3N3O.